The zero-order chi connectivity index (χ0) is 17.5. The van der Waals surface area contributed by atoms with E-state index in [4.69, 9.17) is 0 Å². The highest BCUT2D eigenvalue weighted by atomic mass is 127. The van der Waals surface area contributed by atoms with E-state index in [0.717, 1.165) is 31.9 Å². The van der Waals surface area contributed by atoms with Crippen molar-refractivity contribution in [1.82, 2.24) is 20.4 Å². The molecule has 2 N–H and O–H groups in total. The number of rotatable bonds is 7. The number of nitrogens with one attached hydrogen (secondary N) is 2. The predicted molar refractivity (Wildman–Crippen MR) is 118 cm³/mol. The van der Waals surface area contributed by atoms with Crippen LogP contribution in [-0.4, -0.2) is 29.3 Å². The minimum absolute atomic E-state index is 0. The average Bonchev–Trinajstić information content (AvgIpc) is 3.22. The van der Waals surface area contributed by atoms with Gasteiger partial charge in [-0.2, -0.15) is 5.10 Å². The first-order chi connectivity index (χ1) is 11.6. The molecule has 25 heavy (non-hydrogen) atoms. The van der Waals surface area contributed by atoms with E-state index in [-0.39, 0.29) is 24.0 Å². The van der Waals surface area contributed by atoms with E-state index >= 15 is 0 Å². The summed E-state index contributed by atoms with van der Waals surface area (Å²) in [4.78, 5) is 5.74. The summed E-state index contributed by atoms with van der Waals surface area (Å²) in [7, 11) is 3.84. The Bertz CT molecular complexity index is 663. The van der Waals surface area contributed by atoms with Gasteiger partial charge in [0.25, 0.3) is 0 Å². The van der Waals surface area contributed by atoms with E-state index in [1.807, 2.05) is 18.8 Å². The van der Waals surface area contributed by atoms with Gasteiger partial charge in [0.05, 0.1) is 5.69 Å². The molecule has 2 aromatic rings. The van der Waals surface area contributed by atoms with Crippen LogP contribution >= 0.6 is 35.3 Å². The summed E-state index contributed by atoms with van der Waals surface area (Å²) in [5.74, 6) is 1.31. The van der Waals surface area contributed by atoms with E-state index in [1.165, 1.54) is 21.8 Å². The predicted octanol–water partition coefficient (Wildman–Crippen LogP) is 3.69. The van der Waals surface area contributed by atoms with Crippen molar-refractivity contribution >= 4 is 41.3 Å². The highest BCUT2D eigenvalue weighted by Crippen LogP contribution is 2.19. The number of guanidine groups is 1. The van der Waals surface area contributed by atoms with Crippen LogP contribution in [0.3, 0.4) is 0 Å². The summed E-state index contributed by atoms with van der Waals surface area (Å²) in [6.07, 6.45) is 1.94. The standard InChI is InChI=1S/C18H29N5S.HI/c1-6-15-14(16(7-2)23(5)22-15)12-21-18(19-4)20-11-13(3)17-9-8-10-24-17;/h8-10,13H,6-7,11-12H2,1-5H3,(H2,19,20,21);1H. The molecule has 140 valence electrons. The Morgan fingerprint density at radius 2 is 2.08 bits per heavy atom. The van der Waals surface area contributed by atoms with Crippen LogP contribution in [-0.2, 0) is 26.4 Å². The van der Waals surface area contributed by atoms with E-state index in [2.05, 4.69) is 59.0 Å². The highest BCUT2D eigenvalue weighted by Gasteiger charge is 2.14. The SMILES string of the molecule is CCc1nn(C)c(CC)c1CNC(=NC)NCC(C)c1cccs1.I. The highest BCUT2D eigenvalue weighted by molar-refractivity contribution is 14.0. The molecule has 0 fully saturated rings. The van der Waals surface area contributed by atoms with Gasteiger partial charge in [-0.3, -0.25) is 9.67 Å². The Morgan fingerprint density at radius 1 is 1.32 bits per heavy atom. The molecule has 0 aliphatic rings. The van der Waals surface area contributed by atoms with Crippen molar-refractivity contribution in [3.63, 3.8) is 0 Å². The topological polar surface area (TPSA) is 54.2 Å². The van der Waals surface area contributed by atoms with Crippen molar-refractivity contribution in [2.75, 3.05) is 13.6 Å². The molecule has 2 heterocycles. The third kappa shape index (κ3) is 5.70. The van der Waals surface area contributed by atoms with Gasteiger partial charge >= 0.3 is 0 Å². The summed E-state index contributed by atoms with van der Waals surface area (Å²) in [6.45, 7) is 8.19. The van der Waals surface area contributed by atoms with E-state index < -0.39 is 0 Å². The lowest BCUT2D eigenvalue weighted by molar-refractivity contribution is 0.698. The molecule has 7 heteroatoms. The smallest absolute Gasteiger partial charge is 0.191 e. The van der Waals surface area contributed by atoms with Gasteiger partial charge < -0.3 is 10.6 Å². The van der Waals surface area contributed by atoms with E-state index in [1.54, 1.807) is 11.3 Å². The van der Waals surface area contributed by atoms with Gasteiger partial charge in [-0.25, -0.2) is 0 Å². The maximum atomic E-state index is 4.63. The molecule has 0 radical (unpaired) electrons. The van der Waals surface area contributed by atoms with Gasteiger partial charge in [0, 0.05) is 49.2 Å². The Hall–Kier alpha value is -1.09. The molecule has 1 unspecified atom stereocenters. The number of halogens is 1. The molecule has 0 aromatic carbocycles. The van der Waals surface area contributed by atoms with Crippen LogP contribution in [0.5, 0.6) is 0 Å². The number of aromatic nitrogens is 2. The fraction of sp³-hybridized carbons (Fsp3) is 0.556. The van der Waals surface area contributed by atoms with Crippen LogP contribution in [0.2, 0.25) is 0 Å². The molecular weight excluding hydrogens is 445 g/mol. The summed E-state index contributed by atoms with van der Waals surface area (Å²) >= 11 is 1.80. The number of aliphatic imine (C=N–C) groups is 1. The van der Waals surface area contributed by atoms with Gasteiger partial charge in [0.15, 0.2) is 5.96 Å². The lowest BCUT2D eigenvalue weighted by Crippen LogP contribution is -2.38. The van der Waals surface area contributed by atoms with Crippen molar-refractivity contribution in [3.05, 3.63) is 39.3 Å². The Balaban J connectivity index is 0.00000312. The average molecular weight is 475 g/mol. The lowest BCUT2D eigenvalue weighted by atomic mass is 10.1. The first kappa shape index (κ1) is 22.0. The van der Waals surface area contributed by atoms with Crippen molar-refractivity contribution < 1.29 is 0 Å². The van der Waals surface area contributed by atoms with Crippen molar-refractivity contribution in [3.8, 4) is 0 Å². The van der Waals surface area contributed by atoms with Crippen LogP contribution in [0.25, 0.3) is 0 Å². The minimum Gasteiger partial charge on any atom is -0.356 e. The monoisotopic (exact) mass is 475 g/mol. The second-order valence-electron chi connectivity index (χ2n) is 5.93. The Kier molecular flexibility index (Phi) is 9.48. The van der Waals surface area contributed by atoms with Crippen LogP contribution in [0.4, 0.5) is 0 Å². The third-order valence-corrected chi connectivity index (χ3v) is 5.39. The zero-order valence-corrected chi connectivity index (χ0v) is 18.9. The lowest BCUT2D eigenvalue weighted by Gasteiger charge is -2.15. The molecule has 2 aromatic heterocycles. The fourth-order valence-electron chi connectivity index (χ4n) is 2.91. The molecule has 0 aliphatic heterocycles. The fourth-order valence-corrected chi connectivity index (χ4v) is 3.70. The van der Waals surface area contributed by atoms with Crippen molar-refractivity contribution in [2.45, 2.75) is 46.1 Å². The normalized spacial score (nSPS) is 12.6. The Morgan fingerprint density at radius 3 is 2.64 bits per heavy atom. The molecule has 2 rings (SSSR count). The van der Waals surface area contributed by atoms with E-state index in [9.17, 15) is 0 Å². The summed E-state index contributed by atoms with van der Waals surface area (Å²) in [6, 6.07) is 4.29. The summed E-state index contributed by atoms with van der Waals surface area (Å²) in [5.41, 5.74) is 3.77. The third-order valence-electron chi connectivity index (χ3n) is 4.29. The van der Waals surface area contributed by atoms with Gasteiger partial charge in [-0.05, 0) is 24.3 Å². The molecule has 5 nitrogen and oxygen atoms in total. The molecule has 0 aliphatic carbocycles. The summed E-state index contributed by atoms with van der Waals surface area (Å²) in [5, 5.41) is 13.6. The molecule has 0 amide bonds. The summed E-state index contributed by atoms with van der Waals surface area (Å²) < 4.78 is 2.00. The second-order valence-corrected chi connectivity index (χ2v) is 6.91. The van der Waals surface area contributed by atoms with Crippen molar-refractivity contribution in [2.24, 2.45) is 12.0 Å². The van der Waals surface area contributed by atoms with Crippen LogP contribution < -0.4 is 10.6 Å². The van der Waals surface area contributed by atoms with Crippen LogP contribution in [0, 0.1) is 0 Å². The van der Waals surface area contributed by atoms with Crippen LogP contribution in [0.15, 0.2) is 22.5 Å². The zero-order valence-electron chi connectivity index (χ0n) is 15.8. The molecular formula is C18H30IN5S. The Labute approximate surface area is 172 Å². The molecule has 0 saturated heterocycles. The second kappa shape index (κ2) is 10.8. The number of thiophene rings is 1. The molecule has 0 spiro atoms. The maximum absolute atomic E-state index is 4.63. The largest absolute Gasteiger partial charge is 0.356 e. The van der Waals surface area contributed by atoms with Crippen molar-refractivity contribution in [1.29, 1.82) is 0 Å². The molecule has 1 atom stereocenters. The van der Waals surface area contributed by atoms with E-state index in [0.29, 0.717) is 5.92 Å². The number of hydrogen-bond donors (Lipinski definition) is 2. The van der Waals surface area contributed by atoms with Gasteiger partial charge in [-0.15, -0.1) is 35.3 Å². The minimum atomic E-state index is 0. The van der Waals surface area contributed by atoms with Gasteiger partial charge in [0.2, 0.25) is 0 Å². The van der Waals surface area contributed by atoms with Crippen LogP contribution in [0.1, 0.15) is 48.5 Å². The molecule has 0 bridgehead atoms. The molecule has 0 saturated carbocycles. The number of aryl methyl sites for hydroxylation is 2. The van der Waals surface area contributed by atoms with Gasteiger partial charge in [-0.1, -0.05) is 26.8 Å². The quantitative estimate of drug-likeness (QED) is 0.365. The first-order valence-electron chi connectivity index (χ1n) is 8.62. The number of hydrogen-bond acceptors (Lipinski definition) is 3. The maximum Gasteiger partial charge on any atom is 0.191 e. The van der Waals surface area contributed by atoms with Gasteiger partial charge in [0.1, 0.15) is 0 Å². The first-order valence-corrected chi connectivity index (χ1v) is 9.50. The number of nitrogens with zero attached hydrogens (tertiary/aromatic N) is 3.